The Labute approximate surface area is 126 Å². The van der Waals surface area contributed by atoms with Crippen molar-refractivity contribution in [2.75, 3.05) is 26.8 Å². The first-order valence-electron chi connectivity index (χ1n) is 6.65. The molecule has 1 heterocycles. The van der Waals surface area contributed by atoms with Crippen LogP contribution in [0.2, 0.25) is 5.02 Å². The van der Waals surface area contributed by atoms with Crippen LogP contribution in [0, 0.1) is 5.92 Å². The number of hydrogen-bond acceptors (Lipinski definition) is 3. The maximum absolute atomic E-state index is 13.1. The first kappa shape index (κ1) is 16.4. The van der Waals surface area contributed by atoms with Crippen LogP contribution in [0.5, 0.6) is 5.75 Å². The first-order chi connectivity index (χ1) is 9.93. The third-order valence-electron chi connectivity index (χ3n) is 3.49. The van der Waals surface area contributed by atoms with Crippen LogP contribution in [-0.4, -0.2) is 32.9 Å². The zero-order valence-electron chi connectivity index (χ0n) is 11.5. The normalized spacial score (nSPS) is 20.5. The molecule has 3 nitrogen and oxygen atoms in total. The summed E-state index contributed by atoms with van der Waals surface area (Å²) in [5.41, 5.74) is -0.932. The Morgan fingerprint density at radius 3 is 2.76 bits per heavy atom. The van der Waals surface area contributed by atoms with Gasteiger partial charge in [0.2, 0.25) is 0 Å². The molecule has 2 atom stereocenters. The molecule has 1 saturated heterocycles. The van der Waals surface area contributed by atoms with Gasteiger partial charge in [0.05, 0.1) is 11.6 Å². The fraction of sp³-hybridized carbons (Fsp3) is 0.571. The van der Waals surface area contributed by atoms with Gasteiger partial charge in [-0.15, -0.1) is 0 Å². The van der Waals surface area contributed by atoms with Crippen LogP contribution < -0.4 is 10.1 Å². The highest BCUT2D eigenvalue weighted by Gasteiger charge is 2.38. The molecule has 0 bridgehead atoms. The minimum atomic E-state index is -4.56. The van der Waals surface area contributed by atoms with Gasteiger partial charge in [0.25, 0.3) is 0 Å². The molecule has 118 valence electrons. The van der Waals surface area contributed by atoms with E-state index in [-0.39, 0.29) is 23.3 Å². The monoisotopic (exact) mass is 323 g/mol. The van der Waals surface area contributed by atoms with Crippen molar-refractivity contribution in [1.82, 2.24) is 5.32 Å². The van der Waals surface area contributed by atoms with E-state index in [1.165, 1.54) is 25.3 Å². The number of rotatable bonds is 5. The lowest BCUT2D eigenvalue weighted by Gasteiger charge is -2.25. The Bertz CT molecular complexity index is 476. The summed E-state index contributed by atoms with van der Waals surface area (Å²) in [4.78, 5) is 0. The molecule has 1 fully saturated rings. The van der Waals surface area contributed by atoms with Crippen LogP contribution in [0.3, 0.4) is 0 Å². The molecule has 0 unspecified atom stereocenters. The van der Waals surface area contributed by atoms with Gasteiger partial charge in [0.15, 0.2) is 0 Å². The quantitative estimate of drug-likeness (QED) is 0.901. The van der Waals surface area contributed by atoms with Gasteiger partial charge in [0, 0.05) is 19.6 Å². The van der Waals surface area contributed by atoms with Gasteiger partial charge < -0.3 is 14.8 Å². The van der Waals surface area contributed by atoms with Crippen LogP contribution >= 0.6 is 11.6 Å². The fourth-order valence-electron chi connectivity index (χ4n) is 2.47. The number of hydrogen-bond donors (Lipinski definition) is 1. The van der Waals surface area contributed by atoms with Crippen LogP contribution in [0.4, 0.5) is 13.2 Å². The van der Waals surface area contributed by atoms with Gasteiger partial charge in [-0.2, -0.15) is 13.2 Å². The summed E-state index contributed by atoms with van der Waals surface area (Å²) in [5, 5.41) is 2.81. The molecular formula is C14H17ClF3NO2. The van der Waals surface area contributed by atoms with Gasteiger partial charge in [0.1, 0.15) is 17.4 Å². The maximum Gasteiger partial charge on any atom is 0.421 e. The number of methoxy groups -OCH3 is 1. The van der Waals surface area contributed by atoms with Crippen molar-refractivity contribution in [3.8, 4) is 5.75 Å². The maximum atomic E-state index is 13.1. The zero-order valence-corrected chi connectivity index (χ0v) is 12.3. The molecule has 1 aliphatic heterocycles. The highest BCUT2D eigenvalue weighted by Crippen LogP contribution is 2.41. The Balaban J connectivity index is 2.26. The Morgan fingerprint density at radius 1 is 1.43 bits per heavy atom. The molecule has 0 amide bonds. The molecule has 1 aliphatic rings. The van der Waals surface area contributed by atoms with Crippen molar-refractivity contribution in [2.24, 2.45) is 5.92 Å². The highest BCUT2D eigenvalue weighted by atomic mass is 35.5. The topological polar surface area (TPSA) is 30.5 Å². The van der Waals surface area contributed by atoms with Crippen molar-refractivity contribution in [2.45, 2.75) is 18.7 Å². The van der Waals surface area contributed by atoms with E-state index in [0.717, 1.165) is 13.0 Å². The second-order valence-corrected chi connectivity index (χ2v) is 5.38. The van der Waals surface area contributed by atoms with E-state index >= 15 is 0 Å². The molecule has 1 aromatic carbocycles. The molecular weight excluding hydrogens is 307 g/mol. The second kappa shape index (κ2) is 6.85. The summed E-state index contributed by atoms with van der Waals surface area (Å²) in [6.07, 6.45) is -4.15. The van der Waals surface area contributed by atoms with Crippen molar-refractivity contribution in [3.63, 3.8) is 0 Å². The summed E-state index contributed by atoms with van der Waals surface area (Å²) in [6.45, 7) is 1.77. The van der Waals surface area contributed by atoms with E-state index in [4.69, 9.17) is 21.1 Å². The van der Waals surface area contributed by atoms with E-state index in [9.17, 15) is 13.2 Å². The number of ether oxygens (including phenoxy) is 2. The lowest BCUT2D eigenvalue weighted by atomic mass is 10.0. The third-order valence-corrected chi connectivity index (χ3v) is 3.81. The van der Waals surface area contributed by atoms with Crippen LogP contribution in [0.25, 0.3) is 0 Å². The van der Waals surface area contributed by atoms with E-state index in [1.54, 1.807) is 0 Å². The minimum Gasteiger partial charge on any atom is -0.487 e. The smallest absolute Gasteiger partial charge is 0.421 e. The average molecular weight is 324 g/mol. The molecule has 0 aliphatic carbocycles. The second-order valence-electron chi connectivity index (χ2n) is 4.98. The average Bonchev–Trinajstić information content (AvgIpc) is 2.90. The van der Waals surface area contributed by atoms with Gasteiger partial charge >= 0.3 is 6.18 Å². The van der Waals surface area contributed by atoms with E-state index in [0.29, 0.717) is 6.54 Å². The zero-order chi connectivity index (χ0) is 15.5. The SMILES string of the molecule is COC[C@@H](Oc1cccc(Cl)c1C(F)(F)F)[C@H]1CCNC1. The molecule has 2 rings (SSSR count). The Morgan fingerprint density at radius 2 is 2.19 bits per heavy atom. The van der Waals surface area contributed by atoms with Crippen molar-refractivity contribution >= 4 is 11.6 Å². The number of nitrogens with one attached hydrogen (secondary N) is 1. The lowest BCUT2D eigenvalue weighted by molar-refractivity contribution is -0.139. The van der Waals surface area contributed by atoms with E-state index < -0.39 is 17.8 Å². The van der Waals surface area contributed by atoms with Crippen LogP contribution in [0.15, 0.2) is 18.2 Å². The number of benzene rings is 1. The van der Waals surface area contributed by atoms with Gasteiger partial charge in [-0.3, -0.25) is 0 Å². The molecule has 0 radical (unpaired) electrons. The number of alkyl halides is 3. The van der Waals surface area contributed by atoms with Crippen molar-refractivity contribution in [3.05, 3.63) is 28.8 Å². The summed E-state index contributed by atoms with van der Waals surface area (Å²) in [5.74, 6) is -0.131. The van der Waals surface area contributed by atoms with Gasteiger partial charge in [-0.25, -0.2) is 0 Å². The minimum absolute atomic E-state index is 0.116. The van der Waals surface area contributed by atoms with Crippen LogP contribution in [0.1, 0.15) is 12.0 Å². The summed E-state index contributed by atoms with van der Waals surface area (Å²) < 4.78 is 50.0. The Hall–Kier alpha value is -0.980. The van der Waals surface area contributed by atoms with Crippen molar-refractivity contribution in [1.29, 1.82) is 0 Å². The molecule has 7 heteroatoms. The van der Waals surface area contributed by atoms with Gasteiger partial charge in [-0.05, 0) is 25.1 Å². The van der Waals surface area contributed by atoms with Crippen LogP contribution in [-0.2, 0) is 10.9 Å². The predicted octanol–water partition coefficient (Wildman–Crippen LogP) is 3.36. The highest BCUT2D eigenvalue weighted by molar-refractivity contribution is 6.31. The fourth-order valence-corrected chi connectivity index (χ4v) is 2.74. The predicted molar refractivity (Wildman–Crippen MR) is 73.7 cm³/mol. The van der Waals surface area contributed by atoms with E-state index in [1.807, 2.05) is 0 Å². The molecule has 21 heavy (non-hydrogen) atoms. The molecule has 0 spiro atoms. The molecule has 1 aromatic rings. The third kappa shape index (κ3) is 4.02. The van der Waals surface area contributed by atoms with Gasteiger partial charge in [-0.1, -0.05) is 17.7 Å². The summed E-state index contributed by atoms with van der Waals surface area (Å²) in [7, 11) is 1.50. The van der Waals surface area contributed by atoms with E-state index in [2.05, 4.69) is 5.32 Å². The Kier molecular flexibility index (Phi) is 5.35. The summed E-state index contributed by atoms with van der Waals surface area (Å²) >= 11 is 5.69. The van der Waals surface area contributed by atoms with Crippen molar-refractivity contribution < 1.29 is 22.6 Å². The molecule has 1 N–H and O–H groups in total. The summed E-state index contributed by atoms with van der Waals surface area (Å²) in [6, 6.07) is 3.95. The molecule has 0 aromatic heterocycles. The first-order valence-corrected chi connectivity index (χ1v) is 7.03. The largest absolute Gasteiger partial charge is 0.487 e. The standard InChI is InChI=1S/C14H17ClF3NO2/c1-20-8-12(9-5-6-19-7-9)21-11-4-2-3-10(15)13(11)14(16,17)18/h2-4,9,12,19H,5-8H2,1H3/t9-,12+/m0/s1. The lowest BCUT2D eigenvalue weighted by Crippen LogP contribution is -2.33. The number of halogens is 4. The molecule has 0 saturated carbocycles.